The number of pyridine rings is 2. The summed E-state index contributed by atoms with van der Waals surface area (Å²) in [6.07, 6.45) is 0. The van der Waals surface area contributed by atoms with Crippen molar-refractivity contribution in [2.75, 3.05) is 0 Å². The van der Waals surface area contributed by atoms with Crippen LogP contribution >= 0.6 is 0 Å². The van der Waals surface area contributed by atoms with Crippen molar-refractivity contribution in [3.63, 3.8) is 0 Å². The first-order valence-electron chi connectivity index (χ1n) is 10.9. The van der Waals surface area contributed by atoms with Gasteiger partial charge in [0.1, 0.15) is 0 Å². The van der Waals surface area contributed by atoms with Crippen molar-refractivity contribution >= 4 is 21.8 Å². The zero-order chi connectivity index (χ0) is 21.1. The predicted octanol–water partition coefficient (Wildman–Crippen LogP) is 7.76. The molecule has 6 aromatic rings. The van der Waals surface area contributed by atoms with Crippen molar-refractivity contribution in [1.29, 1.82) is 0 Å². The van der Waals surface area contributed by atoms with Crippen LogP contribution in [-0.4, -0.2) is 9.97 Å². The van der Waals surface area contributed by atoms with Crippen LogP contribution in [0.3, 0.4) is 0 Å². The summed E-state index contributed by atoms with van der Waals surface area (Å²) in [5.74, 6) is 0. The number of rotatable bonds is 2. The highest BCUT2D eigenvalue weighted by atomic mass is 14.9. The standard InChI is InChI=1S/C30H18N2/c1-3-9-19(10-4-1)25-17-22-18-26-23-15-7-13-20-14-8-16-24(27(20)23)29(26)32-30(22)31-28(25)21-11-5-2-6-12-21/h1-18H. The van der Waals surface area contributed by atoms with Crippen LogP contribution in [0.4, 0.5) is 0 Å². The van der Waals surface area contributed by atoms with Gasteiger partial charge in [-0.05, 0) is 34.0 Å². The number of hydrogen-bond acceptors (Lipinski definition) is 2. The van der Waals surface area contributed by atoms with Crippen LogP contribution in [-0.2, 0) is 0 Å². The summed E-state index contributed by atoms with van der Waals surface area (Å²) in [5.41, 5.74) is 9.81. The second kappa shape index (κ2) is 6.60. The highest BCUT2D eigenvalue weighted by Crippen LogP contribution is 2.47. The second-order valence-corrected chi connectivity index (χ2v) is 8.26. The minimum atomic E-state index is 0.784. The number of hydrogen-bond donors (Lipinski definition) is 0. The van der Waals surface area contributed by atoms with E-state index >= 15 is 0 Å². The molecular weight excluding hydrogens is 388 g/mol. The molecule has 0 bridgehead atoms. The third-order valence-corrected chi connectivity index (χ3v) is 6.39. The van der Waals surface area contributed by atoms with E-state index in [4.69, 9.17) is 9.97 Å². The molecule has 32 heavy (non-hydrogen) atoms. The van der Waals surface area contributed by atoms with Gasteiger partial charge in [0, 0.05) is 27.6 Å². The molecule has 0 radical (unpaired) electrons. The molecule has 1 aliphatic rings. The Bertz CT molecular complexity index is 1530. The number of fused-ring (bicyclic) bond motifs is 4. The van der Waals surface area contributed by atoms with Crippen molar-refractivity contribution in [2.45, 2.75) is 0 Å². The molecule has 148 valence electrons. The molecule has 2 aromatic heterocycles. The first-order valence-corrected chi connectivity index (χ1v) is 10.9. The maximum absolute atomic E-state index is 5.11. The minimum Gasteiger partial charge on any atom is -0.227 e. The Hall–Kier alpha value is -4.30. The van der Waals surface area contributed by atoms with Crippen LogP contribution in [0.1, 0.15) is 0 Å². The van der Waals surface area contributed by atoms with E-state index in [0.717, 1.165) is 39.1 Å². The molecule has 0 spiro atoms. The van der Waals surface area contributed by atoms with E-state index in [-0.39, 0.29) is 0 Å². The molecule has 4 aromatic carbocycles. The Morgan fingerprint density at radius 2 is 1.03 bits per heavy atom. The van der Waals surface area contributed by atoms with E-state index < -0.39 is 0 Å². The maximum Gasteiger partial charge on any atom is 0.160 e. The first-order chi connectivity index (χ1) is 15.9. The van der Waals surface area contributed by atoms with Crippen molar-refractivity contribution < 1.29 is 0 Å². The van der Waals surface area contributed by atoms with Crippen LogP contribution in [0.5, 0.6) is 0 Å². The van der Waals surface area contributed by atoms with Gasteiger partial charge in [0.15, 0.2) is 5.65 Å². The van der Waals surface area contributed by atoms with Gasteiger partial charge in [0.2, 0.25) is 0 Å². The van der Waals surface area contributed by atoms with Crippen LogP contribution in [0.2, 0.25) is 0 Å². The second-order valence-electron chi connectivity index (χ2n) is 8.26. The van der Waals surface area contributed by atoms with Gasteiger partial charge >= 0.3 is 0 Å². The highest BCUT2D eigenvalue weighted by Gasteiger charge is 2.24. The smallest absolute Gasteiger partial charge is 0.160 e. The van der Waals surface area contributed by atoms with Gasteiger partial charge < -0.3 is 0 Å². The lowest BCUT2D eigenvalue weighted by Crippen LogP contribution is -1.95. The summed E-state index contributed by atoms with van der Waals surface area (Å²) in [4.78, 5) is 10.2. The van der Waals surface area contributed by atoms with E-state index in [1.807, 2.05) is 12.1 Å². The molecule has 0 saturated heterocycles. The summed E-state index contributed by atoms with van der Waals surface area (Å²) in [5, 5.41) is 3.61. The summed E-state index contributed by atoms with van der Waals surface area (Å²) in [6.45, 7) is 0. The fraction of sp³-hybridized carbons (Fsp3) is 0. The molecular formula is C30H18N2. The van der Waals surface area contributed by atoms with Crippen LogP contribution in [0, 0.1) is 0 Å². The van der Waals surface area contributed by atoms with Crippen LogP contribution < -0.4 is 0 Å². The highest BCUT2D eigenvalue weighted by molar-refractivity contribution is 6.15. The molecule has 7 rings (SSSR count). The fourth-order valence-electron chi connectivity index (χ4n) is 4.93. The number of benzene rings is 4. The Kier molecular flexibility index (Phi) is 3.58. The normalized spacial score (nSPS) is 11.8. The van der Waals surface area contributed by atoms with E-state index in [9.17, 15) is 0 Å². The van der Waals surface area contributed by atoms with E-state index in [1.54, 1.807) is 0 Å². The summed E-state index contributed by atoms with van der Waals surface area (Å²) >= 11 is 0. The molecule has 1 aliphatic carbocycles. The van der Waals surface area contributed by atoms with Crippen molar-refractivity contribution in [2.24, 2.45) is 0 Å². The molecule has 0 unspecified atom stereocenters. The van der Waals surface area contributed by atoms with E-state index in [1.165, 1.54) is 27.5 Å². The minimum absolute atomic E-state index is 0.784. The molecule has 0 atom stereocenters. The molecule has 0 saturated carbocycles. The van der Waals surface area contributed by atoms with Gasteiger partial charge in [-0.15, -0.1) is 0 Å². The molecule has 0 N–H and O–H groups in total. The van der Waals surface area contributed by atoms with E-state index in [2.05, 4.69) is 97.1 Å². The molecule has 0 aliphatic heterocycles. The van der Waals surface area contributed by atoms with Gasteiger partial charge in [-0.1, -0.05) is 97.1 Å². The number of aromatic nitrogens is 2. The lowest BCUT2D eigenvalue weighted by Gasteiger charge is -2.12. The van der Waals surface area contributed by atoms with Crippen molar-refractivity contribution in [1.82, 2.24) is 9.97 Å². The molecule has 2 heteroatoms. The molecule has 2 heterocycles. The molecule has 0 fully saturated rings. The SMILES string of the molecule is c1ccc(-c2cc3cc4c(nc3nc2-c2ccccc2)-c2cccc3cccc-4c23)cc1. The topological polar surface area (TPSA) is 25.8 Å². The first kappa shape index (κ1) is 17.4. The maximum atomic E-state index is 5.11. The average molecular weight is 406 g/mol. The third-order valence-electron chi connectivity index (χ3n) is 6.39. The Morgan fingerprint density at radius 1 is 0.406 bits per heavy atom. The summed E-state index contributed by atoms with van der Waals surface area (Å²) in [7, 11) is 0. The Balaban J connectivity index is 1.56. The quantitative estimate of drug-likeness (QED) is 0.293. The molecule has 0 amide bonds. The lowest BCUT2D eigenvalue weighted by atomic mass is 9.97. The summed E-state index contributed by atoms with van der Waals surface area (Å²) in [6, 6.07) is 38.4. The van der Waals surface area contributed by atoms with Crippen molar-refractivity contribution in [3.05, 3.63) is 109 Å². The Morgan fingerprint density at radius 3 is 1.78 bits per heavy atom. The summed E-state index contributed by atoms with van der Waals surface area (Å²) < 4.78 is 0. The third kappa shape index (κ3) is 2.47. The van der Waals surface area contributed by atoms with E-state index in [0.29, 0.717) is 0 Å². The van der Waals surface area contributed by atoms with Gasteiger partial charge in [0.25, 0.3) is 0 Å². The Labute approximate surface area is 185 Å². The zero-order valence-electron chi connectivity index (χ0n) is 17.3. The molecule has 2 nitrogen and oxygen atoms in total. The van der Waals surface area contributed by atoms with Gasteiger partial charge in [-0.3, -0.25) is 0 Å². The largest absolute Gasteiger partial charge is 0.227 e. The van der Waals surface area contributed by atoms with Crippen LogP contribution in [0.25, 0.3) is 66.6 Å². The van der Waals surface area contributed by atoms with Crippen LogP contribution in [0.15, 0.2) is 109 Å². The fourth-order valence-corrected chi connectivity index (χ4v) is 4.93. The predicted molar refractivity (Wildman–Crippen MR) is 132 cm³/mol. The average Bonchev–Trinajstić information content (AvgIpc) is 3.18. The van der Waals surface area contributed by atoms with Gasteiger partial charge in [-0.25, -0.2) is 9.97 Å². The number of nitrogens with zero attached hydrogens (tertiary/aromatic N) is 2. The zero-order valence-corrected chi connectivity index (χ0v) is 17.3. The van der Waals surface area contributed by atoms with Crippen molar-refractivity contribution in [3.8, 4) is 44.8 Å². The lowest BCUT2D eigenvalue weighted by molar-refractivity contribution is 1.30. The van der Waals surface area contributed by atoms with Gasteiger partial charge in [0.05, 0.1) is 11.4 Å². The monoisotopic (exact) mass is 406 g/mol. The van der Waals surface area contributed by atoms with Gasteiger partial charge in [-0.2, -0.15) is 0 Å².